The maximum Gasteiger partial charge on any atom is 0.233 e. The van der Waals surface area contributed by atoms with Crippen molar-refractivity contribution in [1.29, 1.82) is 0 Å². The molecule has 0 bridgehead atoms. The molecule has 0 N–H and O–H groups in total. The van der Waals surface area contributed by atoms with Crippen molar-refractivity contribution in [3.05, 3.63) is 60.2 Å². The third kappa shape index (κ3) is 4.10. The number of ether oxygens (including phenoxy) is 1. The number of rotatable bonds is 5. The van der Waals surface area contributed by atoms with E-state index in [2.05, 4.69) is 15.9 Å². The van der Waals surface area contributed by atoms with E-state index >= 15 is 0 Å². The smallest absolute Gasteiger partial charge is 0.233 e. The first kappa shape index (κ1) is 14.6. The molecule has 0 aliphatic heterocycles. The zero-order chi connectivity index (χ0) is 14.4. The van der Waals surface area contributed by atoms with Crippen LogP contribution >= 0.6 is 15.9 Å². The lowest BCUT2D eigenvalue weighted by molar-refractivity contribution is -0.127. The first-order valence-electron chi connectivity index (χ1n) is 6.31. The number of benzene rings is 2. The monoisotopic (exact) mass is 333 g/mol. The van der Waals surface area contributed by atoms with Crippen molar-refractivity contribution in [2.24, 2.45) is 0 Å². The molecule has 0 radical (unpaired) electrons. The number of alkyl halides is 1. The quantitative estimate of drug-likeness (QED) is 0.778. The standard InChI is InChI=1S/C16H16BrNO2/c1-18(16(19)11-17)12-13-7-9-15(10-8-13)20-14-5-3-2-4-6-14/h2-10H,11-12H2,1H3. The normalized spacial score (nSPS) is 10.1. The predicted molar refractivity (Wildman–Crippen MR) is 83.2 cm³/mol. The van der Waals surface area contributed by atoms with Crippen LogP contribution in [-0.4, -0.2) is 23.2 Å². The Kier molecular flexibility index (Phi) is 5.18. The molecule has 20 heavy (non-hydrogen) atoms. The number of carbonyl (C=O) groups is 1. The summed E-state index contributed by atoms with van der Waals surface area (Å²) in [5, 5.41) is 0.346. The first-order chi connectivity index (χ1) is 9.69. The lowest BCUT2D eigenvalue weighted by Crippen LogP contribution is -2.26. The van der Waals surface area contributed by atoms with Gasteiger partial charge in [0.2, 0.25) is 5.91 Å². The highest BCUT2D eigenvalue weighted by atomic mass is 79.9. The van der Waals surface area contributed by atoms with Gasteiger partial charge in [-0.05, 0) is 29.8 Å². The largest absolute Gasteiger partial charge is 0.457 e. The summed E-state index contributed by atoms with van der Waals surface area (Å²) in [7, 11) is 1.79. The van der Waals surface area contributed by atoms with Crippen LogP contribution in [0.1, 0.15) is 5.56 Å². The summed E-state index contributed by atoms with van der Waals surface area (Å²) in [5.74, 6) is 1.66. The zero-order valence-corrected chi connectivity index (χ0v) is 12.8. The van der Waals surface area contributed by atoms with Gasteiger partial charge in [0.1, 0.15) is 11.5 Å². The van der Waals surface area contributed by atoms with Crippen molar-refractivity contribution in [2.45, 2.75) is 6.54 Å². The molecule has 2 aromatic carbocycles. The summed E-state index contributed by atoms with van der Waals surface area (Å²) in [4.78, 5) is 13.2. The van der Waals surface area contributed by atoms with Gasteiger partial charge in [-0.15, -0.1) is 0 Å². The van der Waals surface area contributed by atoms with Gasteiger partial charge in [0, 0.05) is 13.6 Å². The molecule has 0 atom stereocenters. The summed E-state index contributed by atoms with van der Waals surface area (Å²) in [6.45, 7) is 0.593. The van der Waals surface area contributed by atoms with E-state index in [9.17, 15) is 4.79 Å². The van der Waals surface area contributed by atoms with Gasteiger partial charge in [0.05, 0.1) is 5.33 Å². The van der Waals surface area contributed by atoms with Gasteiger partial charge in [0.15, 0.2) is 0 Å². The Morgan fingerprint density at radius 2 is 1.65 bits per heavy atom. The van der Waals surface area contributed by atoms with Gasteiger partial charge < -0.3 is 9.64 Å². The van der Waals surface area contributed by atoms with Crippen LogP contribution in [0.2, 0.25) is 0 Å². The van der Waals surface area contributed by atoms with Gasteiger partial charge in [-0.1, -0.05) is 46.3 Å². The topological polar surface area (TPSA) is 29.5 Å². The molecule has 0 saturated heterocycles. The van der Waals surface area contributed by atoms with Crippen molar-refractivity contribution in [3.63, 3.8) is 0 Å². The number of amides is 1. The maximum absolute atomic E-state index is 11.5. The van der Waals surface area contributed by atoms with E-state index < -0.39 is 0 Å². The predicted octanol–water partition coefficient (Wildman–Crippen LogP) is 3.83. The Bertz CT molecular complexity index is 554. The average molecular weight is 334 g/mol. The number of nitrogens with zero attached hydrogens (tertiary/aromatic N) is 1. The van der Waals surface area contributed by atoms with E-state index in [0.717, 1.165) is 17.1 Å². The highest BCUT2D eigenvalue weighted by molar-refractivity contribution is 9.09. The van der Waals surface area contributed by atoms with Gasteiger partial charge in [-0.2, -0.15) is 0 Å². The highest BCUT2D eigenvalue weighted by Gasteiger charge is 2.07. The van der Waals surface area contributed by atoms with E-state index in [1.165, 1.54) is 0 Å². The second kappa shape index (κ2) is 7.10. The van der Waals surface area contributed by atoms with Crippen molar-refractivity contribution in [2.75, 3.05) is 12.4 Å². The molecule has 0 aromatic heterocycles. The van der Waals surface area contributed by atoms with Gasteiger partial charge in [-0.25, -0.2) is 0 Å². The Labute approximate surface area is 127 Å². The summed E-state index contributed by atoms with van der Waals surface area (Å²) in [6, 6.07) is 17.4. The molecule has 0 unspecified atom stereocenters. The summed E-state index contributed by atoms with van der Waals surface area (Å²) >= 11 is 3.17. The minimum Gasteiger partial charge on any atom is -0.457 e. The van der Waals surface area contributed by atoms with Crippen LogP contribution < -0.4 is 4.74 Å². The second-order valence-corrected chi connectivity index (χ2v) is 5.00. The minimum atomic E-state index is 0.0645. The summed E-state index contributed by atoms with van der Waals surface area (Å²) < 4.78 is 5.72. The number of para-hydroxylation sites is 1. The zero-order valence-electron chi connectivity index (χ0n) is 11.3. The number of hydrogen-bond donors (Lipinski definition) is 0. The molecule has 4 heteroatoms. The van der Waals surface area contributed by atoms with Crippen LogP contribution in [0.15, 0.2) is 54.6 Å². The third-order valence-corrected chi connectivity index (χ3v) is 3.34. The Balaban J connectivity index is 1.98. The Hall–Kier alpha value is -1.81. The molecule has 0 saturated carbocycles. The summed E-state index contributed by atoms with van der Waals surface area (Å²) in [5.41, 5.74) is 1.07. The van der Waals surface area contributed by atoms with Crippen molar-refractivity contribution in [1.82, 2.24) is 4.90 Å². The van der Waals surface area contributed by atoms with Gasteiger partial charge in [0.25, 0.3) is 0 Å². The molecular formula is C16H16BrNO2. The summed E-state index contributed by atoms with van der Waals surface area (Å²) in [6.07, 6.45) is 0. The van der Waals surface area contributed by atoms with Gasteiger partial charge >= 0.3 is 0 Å². The highest BCUT2D eigenvalue weighted by Crippen LogP contribution is 2.21. The number of carbonyl (C=O) groups excluding carboxylic acids is 1. The SMILES string of the molecule is CN(Cc1ccc(Oc2ccccc2)cc1)C(=O)CBr. The van der Waals surface area contributed by atoms with Crippen LogP contribution in [-0.2, 0) is 11.3 Å². The molecule has 2 aromatic rings. The maximum atomic E-state index is 11.5. The average Bonchev–Trinajstić information content (AvgIpc) is 2.49. The fraction of sp³-hybridized carbons (Fsp3) is 0.188. The van der Waals surface area contributed by atoms with Gasteiger partial charge in [-0.3, -0.25) is 4.79 Å². The lowest BCUT2D eigenvalue weighted by atomic mass is 10.2. The molecule has 1 amide bonds. The molecule has 2 rings (SSSR count). The van der Waals surface area contributed by atoms with Crippen LogP contribution in [0.4, 0.5) is 0 Å². The van der Waals surface area contributed by atoms with Crippen LogP contribution in [0, 0.1) is 0 Å². The van der Waals surface area contributed by atoms with E-state index in [4.69, 9.17) is 4.74 Å². The molecule has 0 fully saturated rings. The number of hydrogen-bond acceptors (Lipinski definition) is 2. The fourth-order valence-corrected chi connectivity index (χ4v) is 2.18. The second-order valence-electron chi connectivity index (χ2n) is 4.44. The van der Waals surface area contributed by atoms with Crippen LogP contribution in [0.25, 0.3) is 0 Å². The van der Waals surface area contributed by atoms with E-state index in [1.54, 1.807) is 11.9 Å². The lowest BCUT2D eigenvalue weighted by Gasteiger charge is -2.16. The fourth-order valence-electron chi connectivity index (χ4n) is 1.75. The Morgan fingerprint density at radius 1 is 1.05 bits per heavy atom. The molecule has 0 heterocycles. The van der Waals surface area contributed by atoms with Crippen molar-refractivity contribution >= 4 is 21.8 Å². The molecule has 0 aliphatic carbocycles. The molecular weight excluding hydrogens is 318 g/mol. The minimum absolute atomic E-state index is 0.0645. The first-order valence-corrected chi connectivity index (χ1v) is 7.43. The number of halogens is 1. The molecule has 104 valence electrons. The molecule has 0 spiro atoms. The van der Waals surface area contributed by atoms with E-state index in [0.29, 0.717) is 11.9 Å². The molecule has 3 nitrogen and oxygen atoms in total. The van der Waals surface area contributed by atoms with Crippen LogP contribution in [0.3, 0.4) is 0 Å². The van der Waals surface area contributed by atoms with Crippen LogP contribution in [0.5, 0.6) is 11.5 Å². The molecule has 0 aliphatic rings. The van der Waals surface area contributed by atoms with E-state index in [-0.39, 0.29) is 5.91 Å². The van der Waals surface area contributed by atoms with Crippen molar-refractivity contribution < 1.29 is 9.53 Å². The van der Waals surface area contributed by atoms with E-state index in [1.807, 2.05) is 54.6 Å². The third-order valence-electron chi connectivity index (χ3n) is 2.86. The van der Waals surface area contributed by atoms with Crippen molar-refractivity contribution in [3.8, 4) is 11.5 Å². The Morgan fingerprint density at radius 3 is 2.25 bits per heavy atom.